The van der Waals surface area contributed by atoms with Crippen LogP contribution in [0.25, 0.3) is 0 Å². The second-order valence-electron chi connectivity index (χ2n) is 5.70. The summed E-state index contributed by atoms with van der Waals surface area (Å²) in [6.45, 7) is 1.05. The van der Waals surface area contributed by atoms with E-state index in [4.69, 9.17) is 0 Å². The summed E-state index contributed by atoms with van der Waals surface area (Å²) in [5.41, 5.74) is 1.07. The number of rotatable bonds is 2. The molecule has 1 aliphatic heterocycles. The fourth-order valence-corrected chi connectivity index (χ4v) is 3.57. The molecule has 6 heteroatoms. The smallest absolute Gasteiger partial charge is 0.282 e. The third-order valence-electron chi connectivity index (χ3n) is 4.38. The molecule has 0 aromatic carbocycles. The van der Waals surface area contributed by atoms with E-state index in [9.17, 15) is 4.79 Å². The summed E-state index contributed by atoms with van der Waals surface area (Å²) < 4.78 is 1.91. The van der Waals surface area contributed by atoms with E-state index in [1.807, 2.05) is 0 Å². The van der Waals surface area contributed by atoms with Crippen molar-refractivity contribution in [3.05, 3.63) is 21.0 Å². The van der Waals surface area contributed by atoms with E-state index in [2.05, 4.69) is 31.7 Å². The van der Waals surface area contributed by atoms with E-state index in [-0.39, 0.29) is 5.56 Å². The highest BCUT2D eigenvalue weighted by molar-refractivity contribution is 9.10. The van der Waals surface area contributed by atoms with Gasteiger partial charge in [-0.05, 0) is 54.6 Å². The Kier molecular flexibility index (Phi) is 3.39. The Hall–Kier alpha value is -0.880. The second-order valence-corrected chi connectivity index (χ2v) is 6.49. The third kappa shape index (κ3) is 2.43. The molecule has 2 N–H and O–H groups in total. The summed E-state index contributed by atoms with van der Waals surface area (Å²) in [6.07, 6.45) is 7.83. The quantitative estimate of drug-likeness (QED) is 0.867. The molecule has 2 heterocycles. The average Bonchev–Trinajstić information content (AvgIpc) is 2.38. The molecule has 1 atom stereocenters. The van der Waals surface area contributed by atoms with Crippen molar-refractivity contribution < 1.29 is 0 Å². The number of hydrogen-bond donors (Lipinski definition) is 2. The molecular formula is C13H19BrN4O. The van der Waals surface area contributed by atoms with Gasteiger partial charge in [-0.1, -0.05) is 0 Å². The molecular weight excluding hydrogens is 308 g/mol. The highest BCUT2D eigenvalue weighted by Gasteiger charge is 2.40. The van der Waals surface area contributed by atoms with Gasteiger partial charge in [0.1, 0.15) is 4.47 Å². The number of hydrogen-bond acceptors (Lipinski definition) is 4. The lowest BCUT2D eigenvalue weighted by molar-refractivity contribution is 0.135. The molecule has 5 nitrogen and oxygen atoms in total. The summed E-state index contributed by atoms with van der Waals surface area (Å²) in [7, 11) is 1.66. The molecule has 1 aromatic rings. The normalized spacial score (nSPS) is 25.1. The van der Waals surface area contributed by atoms with Gasteiger partial charge in [-0.3, -0.25) is 4.79 Å². The summed E-state index contributed by atoms with van der Waals surface area (Å²) in [5.74, 6) is 0. The fraction of sp³-hybridized carbons (Fsp3) is 0.692. The van der Waals surface area contributed by atoms with E-state index >= 15 is 0 Å². The van der Waals surface area contributed by atoms with E-state index in [0.717, 1.165) is 25.1 Å². The van der Waals surface area contributed by atoms with Gasteiger partial charge >= 0.3 is 0 Å². The lowest BCUT2D eigenvalue weighted by Crippen LogP contribution is -2.58. The summed E-state index contributed by atoms with van der Waals surface area (Å²) in [4.78, 5) is 11.8. The molecule has 1 unspecified atom stereocenters. The van der Waals surface area contributed by atoms with Crippen molar-refractivity contribution in [1.82, 2.24) is 15.1 Å². The van der Waals surface area contributed by atoms with Crippen LogP contribution in [-0.2, 0) is 7.05 Å². The van der Waals surface area contributed by atoms with Crippen LogP contribution < -0.4 is 16.2 Å². The van der Waals surface area contributed by atoms with Crippen molar-refractivity contribution >= 4 is 21.6 Å². The maximum atomic E-state index is 11.8. The van der Waals surface area contributed by atoms with Crippen LogP contribution in [0.5, 0.6) is 0 Å². The summed E-state index contributed by atoms with van der Waals surface area (Å²) in [5, 5.41) is 11.2. The molecule has 19 heavy (non-hydrogen) atoms. The van der Waals surface area contributed by atoms with E-state index in [1.54, 1.807) is 13.2 Å². The third-order valence-corrected chi connectivity index (χ3v) is 5.14. The first-order valence-electron chi connectivity index (χ1n) is 6.83. The van der Waals surface area contributed by atoms with Crippen LogP contribution >= 0.6 is 15.9 Å². The molecule has 104 valence electrons. The molecule has 1 aromatic heterocycles. The Bertz CT molecular complexity index is 538. The minimum atomic E-state index is -0.0997. The first kappa shape index (κ1) is 13.1. The van der Waals surface area contributed by atoms with Crippen molar-refractivity contribution in [3.63, 3.8) is 0 Å². The van der Waals surface area contributed by atoms with Gasteiger partial charge in [-0.15, -0.1) is 0 Å². The van der Waals surface area contributed by atoms with Crippen LogP contribution in [0, 0.1) is 0 Å². The van der Waals surface area contributed by atoms with Gasteiger partial charge in [0.25, 0.3) is 5.56 Å². The number of piperidine rings is 1. The van der Waals surface area contributed by atoms with Gasteiger partial charge < -0.3 is 10.6 Å². The SMILES string of the molecule is Cn1ncc(NC2CCNC3(CCC3)C2)c(Br)c1=O. The van der Waals surface area contributed by atoms with Crippen LogP contribution in [0.4, 0.5) is 5.69 Å². The molecule has 0 amide bonds. The number of aryl methyl sites for hydroxylation is 1. The molecule has 2 fully saturated rings. The van der Waals surface area contributed by atoms with Crippen LogP contribution in [0.15, 0.2) is 15.5 Å². The van der Waals surface area contributed by atoms with Crippen molar-refractivity contribution in [2.24, 2.45) is 7.05 Å². The topological polar surface area (TPSA) is 59.0 Å². The van der Waals surface area contributed by atoms with Gasteiger partial charge in [0.05, 0.1) is 11.9 Å². The van der Waals surface area contributed by atoms with Crippen LogP contribution in [-0.4, -0.2) is 27.9 Å². The first-order valence-corrected chi connectivity index (χ1v) is 7.62. The Morgan fingerprint density at radius 3 is 3.05 bits per heavy atom. The summed E-state index contributed by atoms with van der Waals surface area (Å²) in [6, 6.07) is 0.423. The highest BCUT2D eigenvalue weighted by Crippen LogP contribution is 2.39. The van der Waals surface area contributed by atoms with Gasteiger partial charge in [-0.2, -0.15) is 5.10 Å². The van der Waals surface area contributed by atoms with Gasteiger partial charge in [0.15, 0.2) is 0 Å². The van der Waals surface area contributed by atoms with Gasteiger partial charge in [-0.25, -0.2) is 4.68 Å². The van der Waals surface area contributed by atoms with Crippen LogP contribution in [0.3, 0.4) is 0 Å². The number of nitrogens with zero attached hydrogens (tertiary/aromatic N) is 2. The molecule has 1 spiro atoms. The standard InChI is InChI=1S/C13H19BrN4O/c1-18-12(19)11(14)10(8-16-18)17-9-3-6-15-13(7-9)4-2-5-13/h8-9,15,17H,2-7H2,1H3. The lowest BCUT2D eigenvalue weighted by Gasteiger charge is -2.48. The van der Waals surface area contributed by atoms with Crippen LogP contribution in [0.1, 0.15) is 32.1 Å². The Morgan fingerprint density at radius 1 is 1.58 bits per heavy atom. The second kappa shape index (κ2) is 4.90. The van der Waals surface area contributed by atoms with E-state index in [1.165, 1.54) is 23.9 Å². The maximum absolute atomic E-state index is 11.8. The number of halogens is 1. The van der Waals surface area contributed by atoms with Crippen molar-refractivity contribution in [2.75, 3.05) is 11.9 Å². The van der Waals surface area contributed by atoms with Crippen LogP contribution in [0.2, 0.25) is 0 Å². The van der Waals surface area contributed by atoms with Gasteiger partial charge in [0, 0.05) is 18.6 Å². The van der Waals surface area contributed by atoms with Crippen molar-refractivity contribution in [2.45, 2.75) is 43.7 Å². The molecule has 1 saturated carbocycles. The predicted molar refractivity (Wildman–Crippen MR) is 78.4 cm³/mol. The highest BCUT2D eigenvalue weighted by atomic mass is 79.9. The minimum absolute atomic E-state index is 0.0997. The predicted octanol–water partition coefficient (Wildman–Crippen LogP) is 1.63. The monoisotopic (exact) mass is 326 g/mol. The van der Waals surface area contributed by atoms with Crippen molar-refractivity contribution in [3.8, 4) is 0 Å². The molecule has 3 rings (SSSR count). The minimum Gasteiger partial charge on any atom is -0.380 e. The van der Waals surface area contributed by atoms with E-state index < -0.39 is 0 Å². The number of anilines is 1. The fourth-order valence-electron chi connectivity index (χ4n) is 3.10. The zero-order valence-corrected chi connectivity index (χ0v) is 12.7. The van der Waals surface area contributed by atoms with E-state index in [0.29, 0.717) is 16.1 Å². The zero-order chi connectivity index (χ0) is 13.5. The number of nitrogens with one attached hydrogen (secondary N) is 2. The maximum Gasteiger partial charge on any atom is 0.282 e. The largest absolute Gasteiger partial charge is 0.380 e. The zero-order valence-electron chi connectivity index (χ0n) is 11.1. The molecule has 0 radical (unpaired) electrons. The first-order chi connectivity index (χ1) is 9.10. The van der Waals surface area contributed by atoms with Gasteiger partial charge in [0.2, 0.25) is 0 Å². The Morgan fingerprint density at radius 2 is 2.37 bits per heavy atom. The molecule has 1 aliphatic carbocycles. The Balaban J connectivity index is 1.74. The average molecular weight is 327 g/mol. The molecule has 2 aliphatic rings. The van der Waals surface area contributed by atoms with Crippen molar-refractivity contribution in [1.29, 1.82) is 0 Å². The lowest BCUT2D eigenvalue weighted by atomic mass is 9.70. The molecule has 0 bridgehead atoms. The molecule has 1 saturated heterocycles. The number of aromatic nitrogens is 2. The Labute approximate surface area is 120 Å². The summed E-state index contributed by atoms with van der Waals surface area (Å²) >= 11 is 3.37.